The average molecular weight is 535 g/mol. The van der Waals surface area contributed by atoms with Crippen molar-refractivity contribution in [3.05, 3.63) is 83.9 Å². The Morgan fingerprint density at radius 3 is 2.03 bits per heavy atom. The predicted octanol–water partition coefficient (Wildman–Crippen LogP) is 3.93. The largest absolute Gasteiger partial charge is 0.573 e. The normalized spacial score (nSPS) is 22.1. The summed E-state index contributed by atoms with van der Waals surface area (Å²) in [6.45, 7) is 0.106. The number of halogens is 3. The Labute approximate surface area is 212 Å². The van der Waals surface area contributed by atoms with E-state index < -0.39 is 40.3 Å². The van der Waals surface area contributed by atoms with Crippen LogP contribution in [-0.2, 0) is 27.6 Å². The summed E-state index contributed by atoms with van der Waals surface area (Å²) in [4.78, 5) is 1.76. The molecule has 11 heteroatoms. The smallest absolute Gasteiger partial charge is 0.406 e. The number of ether oxygens (including phenoxy) is 2. The molecule has 2 aliphatic heterocycles. The van der Waals surface area contributed by atoms with Gasteiger partial charge in [0, 0.05) is 11.4 Å². The molecule has 5 rings (SSSR count). The number of hydrogen-bond acceptors (Lipinski definition) is 6. The van der Waals surface area contributed by atoms with Crippen LogP contribution < -0.4 is 14.4 Å². The lowest BCUT2D eigenvalue weighted by Crippen LogP contribution is -2.60. The number of sulfonamides is 1. The molecular weight excluding hydrogens is 509 g/mol. The van der Waals surface area contributed by atoms with E-state index in [9.17, 15) is 26.7 Å². The fourth-order valence-electron chi connectivity index (χ4n) is 4.87. The molecule has 0 radical (unpaired) electrons. The van der Waals surface area contributed by atoms with Gasteiger partial charge in [-0.25, -0.2) is 13.1 Å². The Morgan fingerprint density at radius 1 is 0.892 bits per heavy atom. The van der Waals surface area contributed by atoms with E-state index in [1.807, 2.05) is 53.4 Å². The second kappa shape index (κ2) is 9.97. The first kappa shape index (κ1) is 25.5. The SMILES string of the molecule is O=S(=O)(NC1COC[C@H](N2c3ccccc3CCc3ccccc32)[C@H]1O)c1ccc(OC(F)(F)F)cc1. The van der Waals surface area contributed by atoms with E-state index in [2.05, 4.69) is 9.46 Å². The molecule has 1 saturated heterocycles. The van der Waals surface area contributed by atoms with E-state index in [1.165, 1.54) is 0 Å². The first-order chi connectivity index (χ1) is 17.6. The first-order valence-corrected chi connectivity index (χ1v) is 13.2. The van der Waals surface area contributed by atoms with Crippen molar-refractivity contribution in [2.75, 3.05) is 18.1 Å². The second-order valence-corrected chi connectivity index (χ2v) is 10.7. The molecule has 0 amide bonds. The molecule has 3 aromatic carbocycles. The summed E-state index contributed by atoms with van der Waals surface area (Å²) in [7, 11) is -4.18. The third-order valence-electron chi connectivity index (χ3n) is 6.56. The number of aryl methyl sites for hydroxylation is 2. The van der Waals surface area contributed by atoms with Gasteiger partial charge in [0.25, 0.3) is 0 Å². The lowest BCUT2D eigenvalue weighted by molar-refractivity contribution is -0.274. The summed E-state index contributed by atoms with van der Waals surface area (Å²) < 4.78 is 75.4. The molecule has 0 saturated carbocycles. The Morgan fingerprint density at radius 2 is 1.46 bits per heavy atom. The average Bonchev–Trinajstić information content (AvgIpc) is 3.02. The molecule has 0 spiro atoms. The number of benzene rings is 3. The van der Waals surface area contributed by atoms with Gasteiger partial charge in [0.2, 0.25) is 10.0 Å². The van der Waals surface area contributed by atoms with Crippen molar-refractivity contribution < 1.29 is 36.2 Å². The standard InChI is InChI=1S/C26H25F3N2O5S/c27-26(28,29)36-19-11-13-20(14-12-19)37(33,34)30-21-15-35-16-24(25(21)32)31-22-7-3-1-5-17(22)9-10-18-6-2-4-8-23(18)31/h1-8,11-14,21,24-25,30,32H,9-10,15-16H2/t21?,24-,25-/m0/s1. The van der Waals surface area contributed by atoms with Gasteiger partial charge in [-0.15, -0.1) is 13.2 Å². The van der Waals surface area contributed by atoms with Crippen LogP contribution in [0.5, 0.6) is 5.75 Å². The number of alkyl halides is 3. The third kappa shape index (κ3) is 5.45. The molecule has 1 unspecified atom stereocenters. The Kier molecular flexibility index (Phi) is 6.88. The van der Waals surface area contributed by atoms with Crippen LogP contribution in [0.15, 0.2) is 77.7 Å². The van der Waals surface area contributed by atoms with Crippen LogP contribution in [0.4, 0.5) is 24.5 Å². The monoisotopic (exact) mass is 534 g/mol. The molecular formula is C26H25F3N2O5S. The van der Waals surface area contributed by atoms with Crippen LogP contribution in [0.1, 0.15) is 11.1 Å². The van der Waals surface area contributed by atoms with Crippen LogP contribution in [0.3, 0.4) is 0 Å². The number of aliphatic hydroxyl groups excluding tert-OH is 1. The Balaban J connectivity index is 1.41. The van der Waals surface area contributed by atoms with E-state index in [4.69, 9.17) is 4.74 Å². The van der Waals surface area contributed by atoms with Gasteiger partial charge in [-0.3, -0.25) is 0 Å². The number of para-hydroxylation sites is 2. The molecule has 37 heavy (non-hydrogen) atoms. The maximum atomic E-state index is 13.0. The molecule has 3 aromatic rings. The zero-order chi connectivity index (χ0) is 26.2. The highest BCUT2D eigenvalue weighted by atomic mass is 32.2. The van der Waals surface area contributed by atoms with Crippen molar-refractivity contribution in [1.29, 1.82) is 0 Å². The van der Waals surface area contributed by atoms with Gasteiger partial charge in [-0.2, -0.15) is 0 Å². The Hall–Kier alpha value is -3.12. The molecule has 0 aromatic heterocycles. The number of nitrogens with one attached hydrogen (secondary N) is 1. The highest BCUT2D eigenvalue weighted by Crippen LogP contribution is 2.39. The minimum absolute atomic E-state index is 0.0662. The summed E-state index contributed by atoms with van der Waals surface area (Å²) in [5.74, 6) is -0.536. The molecule has 0 aliphatic carbocycles. The van der Waals surface area contributed by atoms with Crippen LogP contribution in [-0.4, -0.2) is 51.3 Å². The lowest BCUT2D eigenvalue weighted by atomic mass is 9.98. The van der Waals surface area contributed by atoms with Crippen LogP contribution in [0.2, 0.25) is 0 Å². The third-order valence-corrected chi connectivity index (χ3v) is 8.07. The zero-order valence-corrected chi connectivity index (χ0v) is 20.4. The summed E-state index contributed by atoms with van der Waals surface area (Å²) in [6, 6.07) is 18.1. The minimum atomic E-state index is -4.89. The number of hydrogen-bond donors (Lipinski definition) is 2. The molecule has 2 N–H and O–H groups in total. The zero-order valence-electron chi connectivity index (χ0n) is 19.6. The number of anilines is 2. The van der Waals surface area contributed by atoms with Crippen molar-refractivity contribution >= 4 is 21.4 Å². The summed E-state index contributed by atoms with van der Waals surface area (Å²) in [5.41, 5.74) is 4.05. The molecule has 0 bridgehead atoms. The minimum Gasteiger partial charge on any atom is -0.406 e. The van der Waals surface area contributed by atoms with Crippen molar-refractivity contribution in [3.63, 3.8) is 0 Å². The van der Waals surface area contributed by atoms with Gasteiger partial charge in [0.1, 0.15) is 5.75 Å². The van der Waals surface area contributed by atoms with Gasteiger partial charge in [-0.1, -0.05) is 36.4 Å². The lowest BCUT2D eigenvalue weighted by Gasteiger charge is -2.43. The highest BCUT2D eigenvalue weighted by Gasteiger charge is 2.41. The number of rotatable bonds is 5. The predicted molar refractivity (Wildman–Crippen MR) is 130 cm³/mol. The summed E-state index contributed by atoms with van der Waals surface area (Å²) >= 11 is 0. The van der Waals surface area contributed by atoms with Gasteiger partial charge >= 0.3 is 6.36 Å². The summed E-state index contributed by atoms with van der Waals surface area (Å²) in [5, 5.41) is 11.4. The Bertz CT molecular complexity index is 1320. The van der Waals surface area contributed by atoms with Gasteiger partial charge in [-0.05, 0) is 60.4 Å². The molecule has 3 atom stereocenters. The van der Waals surface area contributed by atoms with Crippen LogP contribution >= 0.6 is 0 Å². The van der Waals surface area contributed by atoms with Crippen molar-refractivity contribution in [1.82, 2.24) is 4.72 Å². The quantitative estimate of drug-likeness (QED) is 0.516. The van der Waals surface area contributed by atoms with E-state index >= 15 is 0 Å². The van der Waals surface area contributed by atoms with Crippen molar-refractivity contribution in [3.8, 4) is 5.75 Å². The fraction of sp³-hybridized carbons (Fsp3) is 0.308. The molecule has 2 aliphatic rings. The summed E-state index contributed by atoms with van der Waals surface area (Å²) in [6.07, 6.45) is -4.40. The number of aliphatic hydroxyl groups is 1. The number of fused-ring (bicyclic) bond motifs is 2. The van der Waals surface area contributed by atoms with Crippen LogP contribution in [0.25, 0.3) is 0 Å². The molecule has 1 fully saturated rings. The van der Waals surface area contributed by atoms with Crippen LogP contribution in [0, 0.1) is 0 Å². The maximum Gasteiger partial charge on any atom is 0.573 e. The molecule has 7 nitrogen and oxygen atoms in total. The van der Waals surface area contributed by atoms with E-state index in [1.54, 1.807) is 0 Å². The van der Waals surface area contributed by atoms with E-state index in [0.29, 0.717) is 0 Å². The van der Waals surface area contributed by atoms with E-state index in [-0.39, 0.29) is 18.1 Å². The molecule has 196 valence electrons. The first-order valence-electron chi connectivity index (χ1n) is 11.7. The second-order valence-electron chi connectivity index (χ2n) is 8.97. The topological polar surface area (TPSA) is 88.1 Å². The maximum absolute atomic E-state index is 13.0. The fourth-order valence-corrected chi connectivity index (χ4v) is 6.11. The highest BCUT2D eigenvalue weighted by molar-refractivity contribution is 7.89. The van der Waals surface area contributed by atoms with Crippen molar-refractivity contribution in [2.45, 2.75) is 42.3 Å². The van der Waals surface area contributed by atoms with E-state index in [0.717, 1.165) is 59.6 Å². The van der Waals surface area contributed by atoms with Gasteiger partial charge in [0.05, 0.1) is 36.3 Å². The molecule has 2 heterocycles. The van der Waals surface area contributed by atoms with Gasteiger partial charge < -0.3 is 19.5 Å². The van der Waals surface area contributed by atoms with Crippen molar-refractivity contribution in [2.24, 2.45) is 0 Å². The van der Waals surface area contributed by atoms with Gasteiger partial charge in [0.15, 0.2) is 0 Å². The number of nitrogens with zero attached hydrogens (tertiary/aromatic N) is 1.